The first-order valence-electron chi connectivity index (χ1n) is 7.45. The van der Waals surface area contributed by atoms with Crippen LogP contribution in [0.25, 0.3) is 0 Å². The second-order valence-corrected chi connectivity index (χ2v) is 5.76. The molecular weight excluding hydrogens is 250 g/mol. The van der Waals surface area contributed by atoms with Crippen LogP contribution in [0.2, 0.25) is 0 Å². The quantitative estimate of drug-likeness (QED) is 0.826. The summed E-state index contributed by atoms with van der Waals surface area (Å²) in [5, 5.41) is 2.96. The molecule has 0 aliphatic heterocycles. The number of amides is 1. The molecule has 1 aromatic carbocycles. The minimum Gasteiger partial charge on any atom is -0.480 e. The Hall–Kier alpha value is -1.51. The van der Waals surface area contributed by atoms with Gasteiger partial charge in [-0.25, -0.2) is 0 Å². The van der Waals surface area contributed by atoms with Gasteiger partial charge in [-0.15, -0.1) is 0 Å². The van der Waals surface area contributed by atoms with E-state index in [0.717, 1.165) is 23.3 Å². The summed E-state index contributed by atoms with van der Waals surface area (Å²) in [5.74, 6) is 1.38. The molecule has 0 unspecified atom stereocenters. The van der Waals surface area contributed by atoms with Gasteiger partial charge in [0.2, 0.25) is 0 Å². The molecule has 112 valence electrons. The summed E-state index contributed by atoms with van der Waals surface area (Å²) in [6.07, 6.45) is 1.25. The van der Waals surface area contributed by atoms with Gasteiger partial charge < -0.3 is 10.1 Å². The maximum atomic E-state index is 12.1. The zero-order chi connectivity index (χ0) is 15.1. The number of hydrogen-bond acceptors (Lipinski definition) is 2. The molecule has 0 aliphatic rings. The molecule has 0 saturated heterocycles. The Bertz CT molecular complexity index is 441. The highest BCUT2D eigenvalue weighted by molar-refractivity contribution is 5.81. The number of nitrogens with one attached hydrogen (secondary N) is 1. The molecule has 1 rings (SSSR count). The Morgan fingerprint density at radius 2 is 2.00 bits per heavy atom. The zero-order valence-corrected chi connectivity index (χ0v) is 13.3. The monoisotopic (exact) mass is 277 g/mol. The molecule has 0 heterocycles. The van der Waals surface area contributed by atoms with E-state index in [0.29, 0.717) is 18.9 Å². The molecular formula is C17H27NO2. The Kier molecular flexibility index (Phi) is 6.56. The Labute approximate surface area is 122 Å². The molecule has 20 heavy (non-hydrogen) atoms. The highest BCUT2D eigenvalue weighted by atomic mass is 16.5. The van der Waals surface area contributed by atoms with E-state index in [9.17, 15) is 4.79 Å². The minimum atomic E-state index is -0.414. The van der Waals surface area contributed by atoms with E-state index < -0.39 is 6.10 Å². The van der Waals surface area contributed by atoms with Crippen LogP contribution in [0.15, 0.2) is 18.2 Å². The van der Waals surface area contributed by atoms with Crippen LogP contribution in [0.5, 0.6) is 5.75 Å². The summed E-state index contributed by atoms with van der Waals surface area (Å²) in [7, 11) is 0. The minimum absolute atomic E-state index is 0.0194. The first-order chi connectivity index (χ1) is 9.43. The van der Waals surface area contributed by atoms with Crippen molar-refractivity contribution in [2.75, 3.05) is 6.54 Å². The second kappa shape index (κ2) is 7.93. The fourth-order valence-corrected chi connectivity index (χ4v) is 1.91. The maximum absolute atomic E-state index is 12.1. The van der Waals surface area contributed by atoms with Crippen molar-refractivity contribution in [2.24, 2.45) is 5.92 Å². The van der Waals surface area contributed by atoms with Gasteiger partial charge in [-0.05, 0) is 49.8 Å². The third-order valence-corrected chi connectivity index (χ3v) is 3.30. The largest absolute Gasteiger partial charge is 0.480 e. The maximum Gasteiger partial charge on any atom is 0.261 e. The van der Waals surface area contributed by atoms with Crippen molar-refractivity contribution in [3.63, 3.8) is 0 Å². The number of benzene rings is 1. The van der Waals surface area contributed by atoms with Gasteiger partial charge >= 0.3 is 0 Å². The fourth-order valence-electron chi connectivity index (χ4n) is 1.91. The van der Waals surface area contributed by atoms with Crippen LogP contribution < -0.4 is 10.1 Å². The lowest BCUT2D eigenvalue weighted by Gasteiger charge is -2.19. The smallest absolute Gasteiger partial charge is 0.261 e. The van der Waals surface area contributed by atoms with Gasteiger partial charge in [0.1, 0.15) is 5.75 Å². The van der Waals surface area contributed by atoms with Gasteiger partial charge in [-0.3, -0.25) is 4.79 Å². The van der Waals surface area contributed by atoms with E-state index in [1.807, 2.05) is 39.0 Å². The fraction of sp³-hybridized carbons (Fsp3) is 0.588. The summed E-state index contributed by atoms with van der Waals surface area (Å²) in [6.45, 7) is 11.0. The molecule has 0 fully saturated rings. The van der Waals surface area contributed by atoms with Gasteiger partial charge in [0.15, 0.2) is 6.10 Å². The van der Waals surface area contributed by atoms with Crippen molar-refractivity contribution in [3.05, 3.63) is 29.3 Å². The molecule has 0 spiro atoms. The summed E-state index contributed by atoms with van der Waals surface area (Å²) < 4.78 is 5.88. The van der Waals surface area contributed by atoms with E-state index in [2.05, 4.69) is 19.2 Å². The van der Waals surface area contributed by atoms with Gasteiger partial charge in [0, 0.05) is 6.54 Å². The molecule has 1 N–H and O–H groups in total. The van der Waals surface area contributed by atoms with Gasteiger partial charge in [0.25, 0.3) is 5.91 Å². The number of carbonyl (C=O) groups excluding carboxylic acids is 1. The Balaban J connectivity index is 2.62. The average molecular weight is 277 g/mol. The second-order valence-electron chi connectivity index (χ2n) is 5.76. The Morgan fingerprint density at radius 3 is 2.60 bits per heavy atom. The molecule has 0 aliphatic carbocycles. The molecule has 0 bridgehead atoms. The Morgan fingerprint density at radius 1 is 1.30 bits per heavy atom. The number of carbonyl (C=O) groups is 1. The third kappa shape index (κ3) is 5.24. The molecule has 1 amide bonds. The van der Waals surface area contributed by atoms with Crippen molar-refractivity contribution in [3.8, 4) is 5.75 Å². The summed E-state index contributed by atoms with van der Waals surface area (Å²) >= 11 is 0. The van der Waals surface area contributed by atoms with Crippen LogP contribution in [-0.2, 0) is 4.79 Å². The number of ether oxygens (including phenoxy) is 1. The van der Waals surface area contributed by atoms with Crippen LogP contribution in [0.4, 0.5) is 0 Å². The number of hydrogen-bond donors (Lipinski definition) is 1. The first-order valence-corrected chi connectivity index (χ1v) is 7.45. The normalized spacial score (nSPS) is 12.3. The first kappa shape index (κ1) is 16.5. The van der Waals surface area contributed by atoms with Gasteiger partial charge in [-0.2, -0.15) is 0 Å². The van der Waals surface area contributed by atoms with Crippen LogP contribution in [-0.4, -0.2) is 18.6 Å². The predicted octanol–water partition coefficient (Wildman–Crippen LogP) is 3.62. The van der Waals surface area contributed by atoms with Crippen molar-refractivity contribution >= 4 is 5.91 Å². The molecule has 0 aromatic heterocycles. The summed E-state index contributed by atoms with van der Waals surface area (Å²) in [4.78, 5) is 12.1. The van der Waals surface area contributed by atoms with Crippen LogP contribution in [0.3, 0.4) is 0 Å². The average Bonchev–Trinajstić information content (AvgIpc) is 2.39. The van der Waals surface area contributed by atoms with Crippen LogP contribution in [0, 0.1) is 19.8 Å². The number of aryl methyl sites for hydroxylation is 2. The van der Waals surface area contributed by atoms with E-state index in [1.165, 1.54) is 0 Å². The zero-order valence-electron chi connectivity index (χ0n) is 13.3. The van der Waals surface area contributed by atoms with Gasteiger partial charge in [-0.1, -0.05) is 32.9 Å². The van der Waals surface area contributed by atoms with Crippen molar-refractivity contribution < 1.29 is 9.53 Å². The van der Waals surface area contributed by atoms with E-state index in [4.69, 9.17) is 4.74 Å². The lowest BCUT2D eigenvalue weighted by Crippen LogP contribution is -2.38. The van der Waals surface area contributed by atoms with E-state index in [-0.39, 0.29) is 5.91 Å². The lowest BCUT2D eigenvalue weighted by molar-refractivity contribution is -0.128. The standard InChI is InChI=1S/C17H27NO2/c1-6-15(17(19)18-10-9-12(2)3)20-16-11-13(4)7-8-14(16)5/h7-8,11-12,15H,6,9-10H2,1-5H3,(H,18,19)/t15-/m1/s1. The summed E-state index contributed by atoms with van der Waals surface area (Å²) in [6, 6.07) is 6.05. The molecule has 0 radical (unpaired) electrons. The topological polar surface area (TPSA) is 38.3 Å². The summed E-state index contributed by atoms with van der Waals surface area (Å²) in [5.41, 5.74) is 2.20. The van der Waals surface area contributed by atoms with Crippen molar-refractivity contribution in [1.29, 1.82) is 0 Å². The van der Waals surface area contributed by atoms with Crippen molar-refractivity contribution in [2.45, 2.75) is 53.6 Å². The highest BCUT2D eigenvalue weighted by Crippen LogP contribution is 2.21. The molecule has 0 saturated carbocycles. The van der Waals surface area contributed by atoms with Gasteiger partial charge in [0.05, 0.1) is 0 Å². The molecule has 1 aromatic rings. The highest BCUT2D eigenvalue weighted by Gasteiger charge is 2.18. The van der Waals surface area contributed by atoms with Crippen LogP contribution >= 0.6 is 0 Å². The third-order valence-electron chi connectivity index (χ3n) is 3.30. The SMILES string of the molecule is CC[C@@H](Oc1cc(C)ccc1C)C(=O)NCCC(C)C. The lowest BCUT2D eigenvalue weighted by atomic mass is 10.1. The molecule has 1 atom stereocenters. The van der Waals surface area contributed by atoms with E-state index >= 15 is 0 Å². The molecule has 3 heteroatoms. The van der Waals surface area contributed by atoms with E-state index in [1.54, 1.807) is 0 Å². The predicted molar refractivity (Wildman–Crippen MR) is 83.1 cm³/mol. The molecule has 3 nitrogen and oxygen atoms in total. The van der Waals surface area contributed by atoms with Crippen LogP contribution in [0.1, 0.15) is 44.7 Å². The van der Waals surface area contributed by atoms with Crippen molar-refractivity contribution in [1.82, 2.24) is 5.32 Å². The number of rotatable bonds is 7.